The Morgan fingerprint density at radius 2 is 2.11 bits per heavy atom. The van der Waals surface area contributed by atoms with Crippen molar-refractivity contribution in [3.63, 3.8) is 0 Å². The van der Waals surface area contributed by atoms with E-state index in [0.717, 1.165) is 66.9 Å². The van der Waals surface area contributed by atoms with Gasteiger partial charge in [-0.3, -0.25) is 10.1 Å². The predicted molar refractivity (Wildman–Crippen MR) is 102 cm³/mol. The van der Waals surface area contributed by atoms with Gasteiger partial charge in [-0.2, -0.15) is 5.10 Å². The molecule has 6 nitrogen and oxygen atoms in total. The van der Waals surface area contributed by atoms with Gasteiger partial charge >= 0.3 is 0 Å². The van der Waals surface area contributed by atoms with Crippen LogP contribution in [-0.2, 0) is 19.3 Å². The second-order valence-electron chi connectivity index (χ2n) is 6.70. The molecule has 0 saturated carbocycles. The van der Waals surface area contributed by atoms with E-state index < -0.39 is 11.6 Å². The third kappa shape index (κ3) is 3.54. The number of carbonyl (C=O) groups is 1. The highest BCUT2D eigenvalue weighted by atomic mass is 32.1. The van der Waals surface area contributed by atoms with Crippen LogP contribution >= 0.6 is 11.3 Å². The molecule has 1 aliphatic carbocycles. The average molecular weight is 403 g/mol. The summed E-state index contributed by atoms with van der Waals surface area (Å²) in [6.45, 7) is 2.10. The van der Waals surface area contributed by atoms with Crippen LogP contribution in [-0.4, -0.2) is 25.9 Å². The molecule has 1 aromatic carbocycles. The minimum atomic E-state index is -0.945. The fourth-order valence-electron chi connectivity index (χ4n) is 3.34. The number of nitrogens with one attached hydrogen (secondary N) is 1. The van der Waals surface area contributed by atoms with E-state index in [4.69, 9.17) is 0 Å². The molecule has 4 rings (SSSR count). The number of anilines is 1. The summed E-state index contributed by atoms with van der Waals surface area (Å²) >= 11 is 1.36. The Bertz CT molecular complexity index is 1030. The van der Waals surface area contributed by atoms with Crippen molar-refractivity contribution in [2.75, 3.05) is 5.32 Å². The van der Waals surface area contributed by atoms with Crippen molar-refractivity contribution in [1.29, 1.82) is 0 Å². The number of aryl methyl sites for hydroxylation is 1. The lowest BCUT2D eigenvalue weighted by atomic mass is 10.2. The molecule has 2 aromatic heterocycles. The summed E-state index contributed by atoms with van der Waals surface area (Å²) in [4.78, 5) is 12.8. The number of halogens is 2. The molecular formula is C19H19F2N5OS. The minimum absolute atomic E-state index is 0.294. The fourth-order valence-corrected chi connectivity index (χ4v) is 4.12. The van der Waals surface area contributed by atoms with Gasteiger partial charge in [-0.15, -0.1) is 10.2 Å². The molecular weight excluding hydrogens is 384 g/mol. The Labute approximate surface area is 164 Å². The molecule has 146 valence electrons. The van der Waals surface area contributed by atoms with Gasteiger partial charge in [0, 0.05) is 23.7 Å². The maximum atomic E-state index is 13.7. The SMILES string of the molecule is CCCCc1nnc(NC(=O)c2nn(-c3ccc(F)c(F)c3)c3c2CCC3)s1. The standard InChI is InChI=1S/C19H19F2N5OS/c1-2-3-7-16-23-24-19(28-16)22-18(27)17-12-5-4-6-15(12)26(25-17)11-8-9-13(20)14(21)10-11/h8-10H,2-7H2,1H3,(H,22,24,27). The number of aromatic nitrogens is 4. The quantitative estimate of drug-likeness (QED) is 0.673. The zero-order valence-electron chi connectivity index (χ0n) is 15.3. The Kier molecular flexibility index (Phi) is 5.17. The van der Waals surface area contributed by atoms with Crippen LogP contribution in [0.15, 0.2) is 18.2 Å². The van der Waals surface area contributed by atoms with Crippen molar-refractivity contribution in [3.8, 4) is 5.69 Å². The van der Waals surface area contributed by atoms with E-state index >= 15 is 0 Å². The lowest BCUT2D eigenvalue weighted by molar-refractivity contribution is 0.102. The molecule has 0 radical (unpaired) electrons. The number of carbonyl (C=O) groups excluding carboxylic acids is 1. The minimum Gasteiger partial charge on any atom is -0.295 e. The lowest BCUT2D eigenvalue weighted by Crippen LogP contribution is -2.15. The van der Waals surface area contributed by atoms with Gasteiger partial charge in [0.05, 0.1) is 5.69 Å². The molecule has 0 unspecified atom stereocenters. The molecule has 9 heteroatoms. The van der Waals surface area contributed by atoms with E-state index in [9.17, 15) is 13.6 Å². The number of fused-ring (bicyclic) bond motifs is 1. The molecule has 1 aliphatic rings. The van der Waals surface area contributed by atoms with E-state index in [0.29, 0.717) is 16.5 Å². The van der Waals surface area contributed by atoms with Crippen LogP contribution in [0.4, 0.5) is 13.9 Å². The normalized spacial score (nSPS) is 13.0. The first-order valence-corrected chi connectivity index (χ1v) is 10.1. The van der Waals surface area contributed by atoms with Crippen LogP contribution < -0.4 is 5.32 Å². The number of hydrogen-bond donors (Lipinski definition) is 1. The van der Waals surface area contributed by atoms with Gasteiger partial charge in [-0.25, -0.2) is 13.5 Å². The number of unbranched alkanes of at least 4 members (excludes halogenated alkanes) is 1. The molecule has 0 saturated heterocycles. The van der Waals surface area contributed by atoms with E-state index in [1.165, 1.54) is 22.1 Å². The van der Waals surface area contributed by atoms with Crippen molar-refractivity contribution in [3.05, 3.63) is 51.8 Å². The van der Waals surface area contributed by atoms with Crippen molar-refractivity contribution in [2.45, 2.75) is 45.4 Å². The zero-order chi connectivity index (χ0) is 19.7. The van der Waals surface area contributed by atoms with Crippen LogP contribution in [0.5, 0.6) is 0 Å². The highest BCUT2D eigenvalue weighted by Crippen LogP contribution is 2.29. The molecule has 0 fully saturated rings. The Morgan fingerprint density at radius 3 is 2.89 bits per heavy atom. The second-order valence-corrected chi connectivity index (χ2v) is 7.76. The summed E-state index contributed by atoms with van der Waals surface area (Å²) < 4.78 is 28.4. The summed E-state index contributed by atoms with van der Waals surface area (Å²) in [5.41, 5.74) is 2.39. The summed E-state index contributed by atoms with van der Waals surface area (Å²) in [6, 6.07) is 3.61. The van der Waals surface area contributed by atoms with Crippen molar-refractivity contribution in [2.24, 2.45) is 0 Å². The second kappa shape index (κ2) is 7.75. The molecule has 2 heterocycles. The van der Waals surface area contributed by atoms with E-state index in [1.54, 1.807) is 0 Å². The first-order valence-electron chi connectivity index (χ1n) is 9.26. The molecule has 0 aliphatic heterocycles. The summed E-state index contributed by atoms with van der Waals surface area (Å²) in [5.74, 6) is -2.22. The third-order valence-corrected chi connectivity index (χ3v) is 5.62. The molecule has 0 spiro atoms. The first kappa shape index (κ1) is 18.7. The number of nitrogens with zero attached hydrogens (tertiary/aromatic N) is 4. The third-order valence-electron chi connectivity index (χ3n) is 4.72. The van der Waals surface area contributed by atoms with E-state index in [2.05, 4.69) is 27.5 Å². The van der Waals surface area contributed by atoms with Crippen LogP contribution in [0.3, 0.4) is 0 Å². The van der Waals surface area contributed by atoms with Crippen molar-refractivity contribution < 1.29 is 13.6 Å². The summed E-state index contributed by atoms with van der Waals surface area (Å²) in [5, 5.41) is 16.6. The Hall–Kier alpha value is -2.68. The first-order chi connectivity index (χ1) is 13.6. The summed E-state index contributed by atoms with van der Waals surface area (Å²) in [6.07, 6.45) is 5.26. The van der Waals surface area contributed by atoms with Gasteiger partial charge in [0.1, 0.15) is 5.01 Å². The molecule has 0 atom stereocenters. The van der Waals surface area contributed by atoms with E-state index in [-0.39, 0.29) is 5.91 Å². The predicted octanol–water partition coefficient (Wildman–Crippen LogP) is 4.09. The van der Waals surface area contributed by atoms with Gasteiger partial charge in [0.15, 0.2) is 17.3 Å². The Morgan fingerprint density at radius 1 is 1.25 bits per heavy atom. The van der Waals surface area contributed by atoms with Gasteiger partial charge in [0.25, 0.3) is 5.91 Å². The molecule has 0 bridgehead atoms. The average Bonchev–Trinajstić information content (AvgIpc) is 3.39. The lowest BCUT2D eigenvalue weighted by Gasteiger charge is -2.05. The van der Waals surface area contributed by atoms with Crippen molar-refractivity contribution in [1.82, 2.24) is 20.0 Å². The number of amides is 1. The summed E-state index contributed by atoms with van der Waals surface area (Å²) in [7, 11) is 0. The molecule has 1 amide bonds. The van der Waals surface area contributed by atoms with Gasteiger partial charge in [-0.1, -0.05) is 24.7 Å². The molecule has 1 N–H and O–H groups in total. The zero-order valence-corrected chi connectivity index (χ0v) is 16.2. The van der Waals surface area contributed by atoms with Crippen LogP contribution in [0.25, 0.3) is 5.69 Å². The largest absolute Gasteiger partial charge is 0.295 e. The van der Waals surface area contributed by atoms with E-state index in [1.807, 2.05) is 0 Å². The highest BCUT2D eigenvalue weighted by Gasteiger charge is 2.27. The maximum absolute atomic E-state index is 13.7. The van der Waals surface area contributed by atoms with Crippen LogP contribution in [0.2, 0.25) is 0 Å². The topological polar surface area (TPSA) is 72.7 Å². The van der Waals surface area contributed by atoms with Gasteiger partial charge < -0.3 is 0 Å². The number of benzene rings is 1. The fraction of sp³-hybridized carbons (Fsp3) is 0.368. The van der Waals surface area contributed by atoms with Crippen molar-refractivity contribution >= 4 is 22.4 Å². The monoisotopic (exact) mass is 403 g/mol. The van der Waals surface area contributed by atoms with Crippen LogP contribution in [0.1, 0.15) is 52.9 Å². The Balaban J connectivity index is 1.60. The van der Waals surface area contributed by atoms with Gasteiger partial charge in [0.2, 0.25) is 5.13 Å². The maximum Gasteiger partial charge on any atom is 0.278 e. The smallest absolute Gasteiger partial charge is 0.278 e. The van der Waals surface area contributed by atoms with Gasteiger partial charge in [-0.05, 0) is 37.8 Å². The molecule has 3 aromatic rings. The molecule has 28 heavy (non-hydrogen) atoms. The number of rotatable bonds is 6. The van der Waals surface area contributed by atoms with Crippen LogP contribution in [0, 0.1) is 11.6 Å². The highest BCUT2D eigenvalue weighted by molar-refractivity contribution is 7.15. The number of hydrogen-bond acceptors (Lipinski definition) is 5.